The molecule has 7 aliphatic rings. The molecule has 7 fully saturated rings. The molecule has 0 aromatic carbocycles. The molecule has 12 atom stereocenters. The summed E-state index contributed by atoms with van der Waals surface area (Å²) in [4.78, 5) is 27.8. The highest BCUT2D eigenvalue weighted by Gasteiger charge is 2.69. The van der Waals surface area contributed by atoms with Gasteiger partial charge in [0.15, 0.2) is 5.79 Å². The van der Waals surface area contributed by atoms with Crippen molar-refractivity contribution in [3.05, 3.63) is 0 Å². The van der Waals surface area contributed by atoms with Crippen LogP contribution in [-0.4, -0.2) is 67.4 Å². The number of rotatable bonds is 4. The van der Waals surface area contributed by atoms with Crippen LogP contribution in [0.4, 0.5) is 0 Å². The lowest BCUT2D eigenvalue weighted by Crippen LogP contribution is -2.56. The molecule has 7 heteroatoms. The summed E-state index contributed by atoms with van der Waals surface area (Å²) in [5.41, 5.74) is 0.731. The fourth-order valence-electron chi connectivity index (χ4n) is 12.3. The normalized spacial score (nSPS) is 49.9. The van der Waals surface area contributed by atoms with Gasteiger partial charge in [-0.15, -0.1) is 0 Å². The van der Waals surface area contributed by atoms with E-state index in [0.717, 1.165) is 69.6 Å². The van der Waals surface area contributed by atoms with E-state index in [-0.39, 0.29) is 36.1 Å². The number of ether oxygens (including phenoxy) is 2. The summed E-state index contributed by atoms with van der Waals surface area (Å²) in [6, 6.07) is 0.417. The van der Waals surface area contributed by atoms with Crippen LogP contribution in [0.2, 0.25) is 0 Å². The van der Waals surface area contributed by atoms with Gasteiger partial charge in [0.05, 0.1) is 12.7 Å². The van der Waals surface area contributed by atoms with Crippen LogP contribution in [0.1, 0.15) is 111 Å². The summed E-state index contributed by atoms with van der Waals surface area (Å²) in [6.07, 6.45) is 14.4. The Morgan fingerprint density at radius 1 is 0.814 bits per heavy atom. The van der Waals surface area contributed by atoms with Gasteiger partial charge in [0, 0.05) is 24.4 Å². The second kappa shape index (κ2) is 11.3. The number of hydrogen-bond donors (Lipinski definition) is 2. The van der Waals surface area contributed by atoms with E-state index in [0.29, 0.717) is 40.6 Å². The van der Waals surface area contributed by atoms with Crippen LogP contribution >= 0.6 is 0 Å². The standard InChI is InChI=1S/C36H59N3O4/c1-22-8-15-36(42-21-22)23(2)33-30(43-36)19-29-27-7-6-24-18-26(9-13-34(24,3)28(27)10-14-35(29,33)4)38-32(41)20-31(40)37-25-11-16-39(5)17-12-25/h22-30,33H,6-21H2,1-5H3,(H,37,40)(H,38,41)/t22-,23+,24-,26?,27-,28+,29+,30+,33+,34+,35+,36-/m1/s1. The number of piperidine rings is 1. The summed E-state index contributed by atoms with van der Waals surface area (Å²) < 4.78 is 13.5. The van der Waals surface area contributed by atoms with Gasteiger partial charge in [-0.2, -0.15) is 0 Å². The van der Waals surface area contributed by atoms with Gasteiger partial charge in [0.1, 0.15) is 6.42 Å². The lowest BCUT2D eigenvalue weighted by Gasteiger charge is -2.61. The van der Waals surface area contributed by atoms with Gasteiger partial charge >= 0.3 is 0 Å². The number of hydrogen-bond acceptors (Lipinski definition) is 5. The van der Waals surface area contributed by atoms with Crippen molar-refractivity contribution in [2.45, 2.75) is 135 Å². The zero-order valence-electron chi connectivity index (χ0n) is 27.7. The highest BCUT2D eigenvalue weighted by atomic mass is 16.7. The molecule has 0 radical (unpaired) electrons. The Balaban J connectivity index is 0.948. The van der Waals surface area contributed by atoms with Crippen LogP contribution in [0.25, 0.3) is 0 Å². The lowest BCUT2D eigenvalue weighted by atomic mass is 9.44. The first-order chi connectivity index (χ1) is 20.5. The second-order valence-electron chi connectivity index (χ2n) is 17.0. The van der Waals surface area contributed by atoms with Crippen LogP contribution in [-0.2, 0) is 19.1 Å². The number of carbonyl (C=O) groups excluding carboxylic acids is 2. The van der Waals surface area contributed by atoms with E-state index in [4.69, 9.17) is 9.47 Å². The highest BCUT2D eigenvalue weighted by molar-refractivity contribution is 5.97. The number of likely N-dealkylation sites (tertiary alicyclic amines) is 1. The molecule has 3 saturated heterocycles. The van der Waals surface area contributed by atoms with Crippen LogP contribution in [0.15, 0.2) is 0 Å². The van der Waals surface area contributed by atoms with Gasteiger partial charge in [0.25, 0.3) is 0 Å². The molecule has 0 bridgehead atoms. The van der Waals surface area contributed by atoms with Crippen molar-refractivity contribution in [2.24, 2.45) is 52.3 Å². The molecule has 7 rings (SSSR count). The molecule has 3 heterocycles. The highest BCUT2D eigenvalue weighted by Crippen LogP contribution is 2.71. The van der Waals surface area contributed by atoms with E-state index in [2.05, 4.69) is 50.3 Å². The molecule has 2 amide bonds. The minimum Gasteiger partial charge on any atom is -0.353 e. The van der Waals surface area contributed by atoms with Crippen LogP contribution < -0.4 is 10.6 Å². The summed E-state index contributed by atoms with van der Waals surface area (Å²) in [5, 5.41) is 6.39. The Hall–Kier alpha value is -1.18. The monoisotopic (exact) mass is 597 g/mol. The molecule has 242 valence electrons. The summed E-state index contributed by atoms with van der Waals surface area (Å²) in [6.45, 7) is 12.8. The summed E-state index contributed by atoms with van der Waals surface area (Å²) in [7, 11) is 2.12. The van der Waals surface area contributed by atoms with Crippen molar-refractivity contribution < 1.29 is 19.1 Å². The third-order valence-electron chi connectivity index (χ3n) is 14.7. The van der Waals surface area contributed by atoms with Crippen LogP contribution in [0, 0.1) is 52.3 Å². The molecule has 7 nitrogen and oxygen atoms in total. The molecule has 0 aromatic heterocycles. The molecule has 1 unspecified atom stereocenters. The number of nitrogens with zero attached hydrogens (tertiary/aromatic N) is 1. The fraction of sp³-hybridized carbons (Fsp3) is 0.944. The van der Waals surface area contributed by atoms with Gasteiger partial charge < -0.3 is 25.0 Å². The van der Waals surface area contributed by atoms with Gasteiger partial charge in [0.2, 0.25) is 11.8 Å². The summed E-state index contributed by atoms with van der Waals surface area (Å²) in [5.74, 6) is 4.24. The Labute approximate surface area is 260 Å². The molecular weight excluding hydrogens is 538 g/mol. The Morgan fingerprint density at radius 2 is 1.53 bits per heavy atom. The topological polar surface area (TPSA) is 79.9 Å². The predicted octanol–water partition coefficient (Wildman–Crippen LogP) is 5.52. The average Bonchev–Trinajstić information content (AvgIpc) is 3.41. The smallest absolute Gasteiger partial charge is 0.229 e. The maximum Gasteiger partial charge on any atom is 0.229 e. The zero-order valence-corrected chi connectivity index (χ0v) is 27.7. The Kier molecular flexibility index (Phi) is 7.98. The van der Waals surface area contributed by atoms with Gasteiger partial charge in [-0.05, 0) is 137 Å². The van der Waals surface area contributed by atoms with Crippen molar-refractivity contribution >= 4 is 11.8 Å². The van der Waals surface area contributed by atoms with Crippen molar-refractivity contribution in [3.8, 4) is 0 Å². The number of carbonyl (C=O) groups is 2. The van der Waals surface area contributed by atoms with Crippen molar-refractivity contribution in [1.29, 1.82) is 0 Å². The number of amides is 2. The lowest BCUT2D eigenvalue weighted by molar-refractivity contribution is -0.273. The minimum absolute atomic E-state index is 0.0378. The van der Waals surface area contributed by atoms with Gasteiger partial charge in [-0.1, -0.05) is 27.7 Å². The third kappa shape index (κ3) is 5.19. The predicted molar refractivity (Wildman–Crippen MR) is 167 cm³/mol. The molecule has 2 N–H and O–H groups in total. The maximum absolute atomic E-state index is 12.9. The van der Waals surface area contributed by atoms with Gasteiger partial charge in [-0.3, -0.25) is 9.59 Å². The first-order valence-corrected chi connectivity index (χ1v) is 18.1. The van der Waals surface area contributed by atoms with Gasteiger partial charge in [-0.25, -0.2) is 0 Å². The first-order valence-electron chi connectivity index (χ1n) is 18.1. The van der Waals surface area contributed by atoms with Crippen LogP contribution in [0.3, 0.4) is 0 Å². The Morgan fingerprint density at radius 3 is 2.26 bits per heavy atom. The largest absolute Gasteiger partial charge is 0.353 e. The quantitative estimate of drug-likeness (QED) is 0.418. The number of fused-ring (bicyclic) bond motifs is 7. The van der Waals surface area contributed by atoms with E-state index in [1.165, 1.54) is 44.9 Å². The van der Waals surface area contributed by atoms with Crippen molar-refractivity contribution in [2.75, 3.05) is 26.7 Å². The first kappa shape index (κ1) is 30.5. The fourth-order valence-corrected chi connectivity index (χ4v) is 12.3. The maximum atomic E-state index is 12.9. The number of nitrogens with one attached hydrogen (secondary N) is 2. The van der Waals surface area contributed by atoms with Crippen molar-refractivity contribution in [1.82, 2.24) is 15.5 Å². The van der Waals surface area contributed by atoms with E-state index < -0.39 is 0 Å². The van der Waals surface area contributed by atoms with Crippen molar-refractivity contribution in [3.63, 3.8) is 0 Å². The molecule has 0 aromatic rings. The van der Waals surface area contributed by atoms with E-state index >= 15 is 0 Å². The average molecular weight is 598 g/mol. The van der Waals surface area contributed by atoms with E-state index in [1.54, 1.807) is 0 Å². The molecule has 4 aliphatic carbocycles. The molecule has 1 spiro atoms. The summed E-state index contributed by atoms with van der Waals surface area (Å²) >= 11 is 0. The SMILES string of the molecule is C[C@@H]1CC[C@@]2(OC1)O[C@H]1C[C@H]3[C@@H]4CC[C@@H]5CC(NC(=O)CC(=O)NC6CCN(C)CC6)CC[C@]5(C)[C@H]4CC[C@]3(C)[C@H]1[C@@H]2C. The zero-order chi connectivity index (χ0) is 30.1. The molecule has 43 heavy (non-hydrogen) atoms. The molecule has 3 aliphatic heterocycles. The van der Waals surface area contributed by atoms with E-state index in [9.17, 15) is 9.59 Å². The Bertz CT molecular complexity index is 1070. The molecule has 4 saturated carbocycles. The molecular formula is C36H59N3O4. The third-order valence-corrected chi connectivity index (χ3v) is 14.7. The second-order valence-corrected chi connectivity index (χ2v) is 17.0. The minimum atomic E-state index is -0.327. The van der Waals surface area contributed by atoms with Crippen LogP contribution in [0.5, 0.6) is 0 Å². The van der Waals surface area contributed by atoms with E-state index in [1.807, 2.05) is 0 Å².